The standard InChI is InChI=1S/C25H35N7O2/c1-18-7-5-10-20(15-18)21-16-31-23(29-14-11-19-8-3-2-4-9-19)24(34)32(21)17-22(33)28-12-6-13-30-25(26)27/h5,7,9,16,18,20-21H,3,6,8,10-15,17H2,1H3,(H5,26,27,28,30,33)/p+1. The summed E-state index contributed by atoms with van der Waals surface area (Å²) < 4.78 is 4.48. The molecule has 0 bridgehead atoms. The summed E-state index contributed by atoms with van der Waals surface area (Å²) in [4.78, 5) is 31.6. The van der Waals surface area contributed by atoms with Gasteiger partial charge in [0.05, 0.1) is 6.54 Å². The van der Waals surface area contributed by atoms with E-state index in [0.29, 0.717) is 37.8 Å². The third-order valence-electron chi connectivity index (χ3n) is 6.19. The Morgan fingerprint density at radius 2 is 2.21 bits per heavy atom. The molecule has 0 saturated heterocycles. The molecule has 0 aromatic rings. The number of carbonyl (C=O) groups is 2. The molecule has 3 aliphatic rings. The molecule has 3 rings (SSSR count). The highest BCUT2D eigenvalue weighted by atomic mass is 16.2. The molecule has 6 N–H and O–H groups in total. The van der Waals surface area contributed by atoms with E-state index >= 15 is 0 Å². The van der Waals surface area contributed by atoms with Crippen LogP contribution in [0.3, 0.4) is 0 Å². The topological polar surface area (TPSA) is 140 Å². The molecule has 1 heterocycles. The zero-order chi connectivity index (χ0) is 24.3. The molecule has 0 aromatic heterocycles. The van der Waals surface area contributed by atoms with Gasteiger partial charge in [-0.25, -0.2) is 4.67 Å². The maximum absolute atomic E-state index is 13.4. The van der Waals surface area contributed by atoms with Crippen LogP contribution < -0.4 is 26.8 Å². The molecular formula is C25H36N7O2+. The summed E-state index contributed by atoms with van der Waals surface area (Å²) in [6, 6.07) is -0.214. The quantitative estimate of drug-likeness (QED) is 0.0883. The maximum atomic E-state index is 13.4. The van der Waals surface area contributed by atoms with Gasteiger partial charge in [-0.3, -0.25) is 19.9 Å². The Labute approximate surface area is 201 Å². The molecule has 2 amide bonds. The van der Waals surface area contributed by atoms with E-state index in [9.17, 15) is 9.59 Å². The molecule has 2 aliphatic carbocycles. The second kappa shape index (κ2) is 12.7. The van der Waals surface area contributed by atoms with Gasteiger partial charge in [-0.1, -0.05) is 36.5 Å². The molecule has 34 heavy (non-hydrogen) atoms. The first kappa shape index (κ1) is 25.1. The Bertz CT molecular complexity index is 975. The minimum absolute atomic E-state index is 0.0155. The van der Waals surface area contributed by atoms with Crippen LogP contribution in [0, 0.1) is 23.7 Å². The average Bonchev–Trinajstić information content (AvgIpc) is 2.81. The second-order valence-corrected chi connectivity index (χ2v) is 9.00. The van der Waals surface area contributed by atoms with Crippen LogP contribution in [0.4, 0.5) is 0 Å². The van der Waals surface area contributed by atoms with Gasteiger partial charge in [-0.05, 0) is 43.6 Å². The van der Waals surface area contributed by atoms with Crippen molar-refractivity contribution >= 4 is 29.8 Å². The first-order chi connectivity index (χ1) is 16.4. The van der Waals surface area contributed by atoms with Crippen LogP contribution in [0.5, 0.6) is 0 Å². The number of hydrogen-bond donors (Lipinski definition) is 4. The van der Waals surface area contributed by atoms with E-state index in [1.807, 2.05) is 12.3 Å². The molecule has 0 saturated carbocycles. The van der Waals surface area contributed by atoms with E-state index in [0.717, 1.165) is 32.1 Å². The summed E-state index contributed by atoms with van der Waals surface area (Å²) in [5.74, 6) is 6.62. The minimum Gasteiger partial charge on any atom is -0.370 e. The number of rotatable bonds is 10. The summed E-state index contributed by atoms with van der Waals surface area (Å²) in [5.41, 5.74) is 11.9. The van der Waals surface area contributed by atoms with Crippen LogP contribution in [0.2, 0.25) is 0 Å². The van der Waals surface area contributed by atoms with Crippen molar-refractivity contribution in [2.24, 2.45) is 28.3 Å². The third-order valence-corrected chi connectivity index (χ3v) is 6.19. The average molecular weight is 467 g/mol. The summed E-state index contributed by atoms with van der Waals surface area (Å²) in [6.45, 7) is 3.63. The number of nitrogens with one attached hydrogen (secondary N) is 2. The predicted molar refractivity (Wildman–Crippen MR) is 136 cm³/mol. The fourth-order valence-corrected chi connectivity index (χ4v) is 4.43. The number of allylic oxidation sites excluding steroid dienone is 3. The van der Waals surface area contributed by atoms with Crippen LogP contribution in [-0.4, -0.2) is 66.9 Å². The second-order valence-electron chi connectivity index (χ2n) is 9.00. The van der Waals surface area contributed by atoms with E-state index in [2.05, 4.69) is 51.2 Å². The van der Waals surface area contributed by atoms with Crippen molar-refractivity contribution in [3.05, 3.63) is 23.8 Å². The summed E-state index contributed by atoms with van der Waals surface area (Å²) in [5, 5.41) is 6.04. The van der Waals surface area contributed by atoms with Crippen LogP contribution in [-0.2, 0) is 9.59 Å². The maximum Gasteiger partial charge on any atom is 0.432 e. The molecule has 0 spiro atoms. The molecule has 0 radical (unpaired) electrons. The van der Waals surface area contributed by atoms with Crippen molar-refractivity contribution < 1.29 is 9.59 Å². The zero-order valence-corrected chi connectivity index (χ0v) is 19.9. The van der Waals surface area contributed by atoms with Gasteiger partial charge in [-0.15, -0.1) is 0 Å². The van der Waals surface area contributed by atoms with Crippen molar-refractivity contribution in [3.8, 4) is 11.8 Å². The molecule has 3 atom stereocenters. The number of carbonyl (C=O) groups excluding carboxylic acids is 2. The Kier molecular flexibility index (Phi) is 9.36. The number of amides is 2. The van der Waals surface area contributed by atoms with Gasteiger partial charge in [-0.2, -0.15) is 0 Å². The fourth-order valence-electron chi connectivity index (χ4n) is 4.43. The van der Waals surface area contributed by atoms with Crippen molar-refractivity contribution in [1.29, 1.82) is 0 Å². The number of hydrogen-bond acceptors (Lipinski definition) is 4. The Balaban J connectivity index is 1.63. The van der Waals surface area contributed by atoms with Crippen LogP contribution in [0.15, 0.2) is 28.8 Å². The molecule has 9 heteroatoms. The number of nitrogens with zero attached hydrogens (tertiary/aromatic N) is 3. The lowest BCUT2D eigenvalue weighted by atomic mass is 9.82. The molecule has 0 fully saturated rings. The van der Waals surface area contributed by atoms with Gasteiger partial charge in [0, 0.05) is 25.9 Å². The molecule has 3 unspecified atom stereocenters. The Hall–Kier alpha value is -3.50. The summed E-state index contributed by atoms with van der Waals surface area (Å²) >= 11 is 0. The van der Waals surface area contributed by atoms with Crippen LogP contribution in [0.1, 0.15) is 45.4 Å². The van der Waals surface area contributed by atoms with Gasteiger partial charge in [0.25, 0.3) is 0 Å². The van der Waals surface area contributed by atoms with Crippen molar-refractivity contribution in [3.63, 3.8) is 0 Å². The lowest BCUT2D eigenvalue weighted by Gasteiger charge is -2.35. The van der Waals surface area contributed by atoms with E-state index < -0.39 is 0 Å². The minimum atomic E-state index is -0.234. The molecule has 1 aliphatic heterocycles. The highest BCUT2D eigenvalue weighted by molar-refractivity contribution is 6.39. The van der Waals surface area contributed by atoms with Gasteiger partial charge in [0.1, 0.15) is 12.6 Å². The highest BCUT2D eigenvalue weighted by Gasteiger charge is 2.41. The molecule has 0 aromatic carbocycles. The van der Waals surface area contributed by atoms with Gasteiger partial charge in [0.2, 0.25) is 5.91 Å². The first-order valence-electron chi connectivity index (χ1n) is 12.0. The van der Waals surface area contributed by atoms with Gasteiger partial charge >= 0.3 is 11.7 Å². The van der Waals surface area contributed by atoms with Crippen molar-refractivity contribution in [1.82, 2.24) is 20.2 Å². The van der Waals surface area contributed by atoms with E-state index in [1.54, 1.807) is 4.90 Å². The SMILES string of the molecule is CC1C=CCC(C2C=[N+]=C(NCCC3=CC#CCC3)C(=O)N2CC(=O)NCCCN=C(N)N)C1. The lowest BCUT2D eigenvalue weighted by molar-refractivity contribution is -0.133. The lowest BCUT2D eigenvalue weighted by Crippen LogP contribution is -2.58. The van der Waals surface area contributed by atoms with Crippen LogP contribution >= 0.6 is 0 Å². The smallest absolute Gasteiger partial charge is 0.370 e. The van der Waals surface area contributed by atoms with Crippen molar-refractivity contribution in [2.45, 2.75) is 51.5 Å². The number of nitrogens with two attached hydrogens (primary N) is 2. The predicted octanol–water partition coefficient (Wildman–Crippen LogP) is -0.181. The number of guanidine groups is 1. The number of amidine groups is 1. The zero-order valence-electron chi connectivity index (χ0n) is 19.9. The fraction of sp³-hybridized carbons (Fsp3) is 0.560. The van der Waals surface area contributed by atoms with Gasteiger partial charge < -0.3 is 21.7 Å². The Morgan fingerprint density at radius 1 is 1.35 bits per heavy atom. The largest absolute Gasteiger partial charge is 0.432 e. The van der Waals surface area contributed by atoms with Crippen molar-refractivity contribution in [2.75, 3.05) is 26.2 Å². The first-order valence-corrected chi connectivity index (χ1v) is 12.0. The normalized spacial score (nSPS) is 23.4. The van der Waals surface area contributed by atoms with E-state index in [4.69, 9.17) is 11.5 Å². The van der Waals surface area contributed by atoms with Gasteiger partial charge in [0.15, 0.2) is 12.2 Å². The Morgan fingerprint density at radius 3 is 2.94 bits per heavy atom. The molecule has 182 valence electrons. The van der Waals surface area contributed by atoms with E-state index in [1.165, 1.54) is 5.57 Å². The summed E-state index contributed by atoms with van der Waals surface area (Å²) in [6.07, 6.45) is 13.2. The van der Waals surface area contributed by atoms with Crippen LogP contribution in [0.25, 0.3) is 0 Å². The molecular weight excluding hydrogens is 430 g/mol. The number of aliphatic imine (C=N–C) groups is 1. The summed E-state index contributed by atoms with van der Waals surface area (Å²) in [7, 11) is 0. The highest BCUT2D eigenvalue weighted by Crippen LogP contribution is 2.28. The molecule has 9 nitrogen and oxygen atoms in total. The third kappa shape index (κ3) is 7.53. The monoisotopic (exact) mass is 466 g/mol. The van der Waals surface area contributed by atoms with E-state index in [-0.39, 0.29) is 36.3 Å².